The molecule has 3 heterocycles. The lowest BCUT2D eigenvalue weighted by molar-refractivity contribution is -0.143. The summed E-state index contributed by atoms with van der Waals surface area (Å²) in [5.74, 6) is -0.672. The molecule has 0 spiro atoms. The standard InChI is InChI=1S/C28H31N5O3/c1-19-24(20(2)31(3)30-19)18-32(23-9-10-23)25(34)15-28(22-7-5-4-6-8-22)16-26(35)33(27(28)36)17-21-11-13-29-14-12-21/h4-8,11-14,23H,9-10,15-18H2,1-3H3/t28-/m0/s1. The van der Waals surface area contributed by atoms with Crippen LogP contribution in [0.5, 0.6) is 0 Å². The van der Waals surface area contributed by atoms with Crippen molar-refractivity contribution in [3.63, 3.8) is 0 Å². The van der Waals surface area contributed by atoms with Gasteiger partial charge in [-0.05, 0) is 49.9 Å². The van der Waals surface area contributed by atoms with E-state index in [1.807, 2.05) is 60.8 Å². The van der Waals surface area contributed by atoms with Crippen LogP contribution in [0.4, 0.5) is 0 Å². The second-order valence-electron chi connectivity index (χ2n) is 9.97. The third-order valence-electron chi connectivity index (χ3n) is 7.57. The Morgan fingerprint density at radius 2 is 1.78 bits per heavy atom. The zero-order valence-corrected chi connectivity index (χ0v) is 21.0. The summed E-state index contributed by atoms with van der Waals surface area (Å²) in [5.41, 5.74) is 3.29. The van der Waals surface area contributed by atoms with Gasteiger partial charge in [0.15, 0.2) is 0 Å². The van der Waals surface area contributed by atoms with E-state index in [9.17, 15) is 14.4 Å². The van der Waals surface area contributed by atoms with E-state index < -0.39 is 5.41 Å². The van der Waals surface area contributed by atoms with Crippen molar-refractivity contribution in [1.82, 2.24) is 24.6 Å². The number of hydrogen-bond donors (Lipinski definition) is 0. The molecule has 0 radical (unpaired) electrons. The van der Waals surface area contributed by atoms with Crippen LogP contribution in [0.1, 0.15) is 53.8 Å². The van der Waals surface area contributed by atoms with Gasteiger partial charge in [0.1, 0.15) is 0 Å². The molecule has 1 saturated heterocycles. The average Bonchev–Trinajstić information content (AvgIpc) is 3.65. The van der Waals surface area contributed by atoms with Crippen LogP contribution >= 0.6 is 0 Å². The number of amides is 3. The Labute approximate surface area is 210 Å². The first-order valence-corrected chi connectivity index (χ1v) is 12.4. The van der Waals surface area contributed by atoms with Gasteiger partial charge in [0.25, 0.3) is 0 Å². The largest absolute Gasteiger partial charge is 0.335 e. The molecule has 0 N–H and O–H groups in total. The Balaban J connectivity index is 1.46. The lowest BCUT2D eigenvalue weighted by Gasteiger charge is -2.31. The topological polar surface area (TPSA) is 88.4 Å². The van der Waals surface area contributed by atoms with Crippen LogP contribution < -0.4 is 0 Å². The maximum atomic E-state index is 14.0. The number of nitrogens with zero attached hydrogens (tertiary/aromatic N) is 5. The first kappa shape index (κ1) is 23.9. The van der Waals surface area contributed by atoms with E-state index in [-0.39, 0.29) is 43.1 Å². The number of rotatable bonds is 8. The van der Waals surface area contributed by atoms with Gasteiger partial charge < -0.3 is 4.90 Å². The highest BCUT2D eigenvalue weighted by Gasteiger charge is 2.54. The quantitative estimate of drug-likeness (QED) is 0.457. The van der Waals surface area contributed by atoms with Crippen molar-refractivity contribution in [1.29, 1.82) is 0 Å². The summed E-state index contributed by atoms with van der Waals surface area (Å²) in [6.07, 6.45) is 5.13. The first-order valence-electron chi connectivity index (χ1n) is 12.4. The van der Waals surface area contributed by atoms with Crippen molar-refractivity contribution in [2.45, 2.75) is 64.1 Å². The fourth-order valence-corrected chi connectivity index (χ4v) is 5.24. The predicted molar refractivity (Wildman–Crippen MR) is 133 cm³/mol. The molecule has 0 bridgehead atoms. The number of benzene rings is 1. The van der Waals surface area contributed by atoms with Crippen LogP contribution in [-0.2, 0) is 39.9 Å². The van der Waals surface area contributed by atoms with Gasteiger partial charge >= 0.3 is 0 Å². The third-order valence-corrected chi connectivity index (χ3v) is 7.57. The smallest absolute Gasteiger partial charge is 0.241 e. The van der Waals surface area contributed by atoms with E-state index in [2.05, 4.69) is 10.1 Å². The molecule has 1 aliphatic carbocycles. The van der Waals surface area contributed by atoms with Crippen LogP contribution in [0.15, 0.2) is 54.9 Å². The van der Waals surface area contributed by atoms with Crippen LogP contribution in [-0.4, -0.2) is 48.3 Å². The first-order chi connectivity index (χ1) is 17.3. The number of aryl methyl sites for hydroxylation is 2. The summed E-state index contributed by atoms with van der Waals surface area (Å²) in [4.78, 5) is 48.3. The minimum atomic E-state index is -1.21. The molecular weight excluding hydrogens is 454 g/mol. The van der Waals surface area contributed by atoms with Crippen LogP contribution in [0.2, 0.25) is 0 Å². The summed E-state index contributed by atoms with van der Waals surface area (Å²) in [7, 11) is 1.90. The molecule has 1 aliphatic heterocycles. The number of hydrogen-bond acceptors (Lipinski definition) is 5. The van der Waals surface area contributed by atoms with Gasteiger partial charge in [-0.15, -0.1) is 0 Å². The number of likely N-dealkylation sites (tertiary alicyclic amines) is 1. The molecule has 5 rings (SSSR count). The van der Waals surface area contributed by atoms with E-state index in [0.717, 1.165) is 35.4 Å². The van der Waals surface area contributed by atoms with Gasteiger partial charge in [-0.25, -0.2) is 0 Å². The molecular formula is C28H31N5O3. The molecule has 2 aliphatic rings. The van der Waals surface area contributed by atoms with Crippen molar-refractivity contribution < 1.29 is 14.4 Å². The normalized spacial score (nSPS) is 19.7. The van der Waals surface area contributed by atoms with E-state index in [1.165, 1.54) is 4.90 Å². The fraction of sp³-hybridized carbons (Fsp3) is 0.393. The van der Waals surface area contributed by atoms with Gasteiger partial charge in [0.05, 0.1) is 17.7 Å². The summed E-state index contributed by atoms with van der Waals surface area (Å²) >= 11 is 0. The molecule has 1 aromatic carbocycles. The average molecular weight is 486 g/mol. The molecule has 8 heteroatoms. The summed E-state index contributed by atoms with van der Waals surface area (Å²) in [6, 6.07) is 13.0. The Morgan fingerprint density at radius 3 is 2.39 bits per heavy atom. The van der Waals surface area contributed by atoms with Crippen LogP contribution in [0.25, 0.3) is 0 Å². The highest BCUT2D eigenvalue weighted by atomic mass is 16.2. The van der Waals surface area contributed by atoms with Crippen LogP contribution in [0, 0.1) is 13.8 Å². The number of carbonyl (C=O) groups excluding carboxylic acids is 3. The van der Waals surface area contributed by atoms with Crippen molar-refractivity contribution in [3.8, 4) is 0 Å². The number of carbonyl (C=O) groups is 3. The number of imide groups is 1. The van der Waals surface area contributed by atoms with E-state index in [1.54, 1.807) is 24.5 Å². The maximum absolute atomic E-state index is 14.0. The van der Waals surface area contributed by atoms with E-state index >= 15 is 0 Å². The lowest BCUT2D eigenvalue weighted by Crippen LogP contribution is -2.44. The van der Waals surface area contributed by atoms with Crippen molar-refractivity contribution >= 4 is 17.7 Å². The Kier molecular flexibility index (Phi) is 6.20. The molecule has 1 saturated carbocycles. The predicted octanol–water partition coefficient (Wildman–Crippen LogP) is 3.21. The highest BCUT2D eigenvalue weighted by Crippen LogP contribution is 2.42. The van der Waals surface area contributed by atoms with Crippen molar-refractivity contribution in [3.05, 3.63) is 82.9 Å². The minimum Gasteiger partial charge on any atom is -0.335 e. The molecule has 1 atom stereocenters. The molecule has 2 aromatic heterocycles. The van der Waals surface area contributed by atoms with E-state index in [0.29, 0.717) is 12.1 Å². The Bertz CT molecular complexity index is 1300. The zero-order valence-electron chi connectivity index (χ0n) is 21.0. The monoisotopic (exact) mass is 485 g/mol. The second-order valence-corrected chi connectivity index (χ2v) is 9.97. The third kappa shape index (κ3) is 4.32. The summed E-state index contributed by atoms with van der Waals surface area (Å²) < 4.78 is 1.84. The molecule has 3 aromatic rings. The van der Waals surface area contributed by atoms with Gasteiger partial charge in [0, 0.05) is 56.1 Å². The van der Waals surface area contributed by atoms with Gasteiger partial charge in [-0.1, -0.05) is 30.3 Å². The van der Waals surface area contributed by atoms with Crippen molar-refractivity contribution in [2.24, 2.45) is 7.05 Å². The Morgan fingerprint density at radius 1 is 1.08 bits per heavy atom. The number of pyridine rings is 1. The zero-order chi connectivity index (χ0) is 25.4. The molecule has 186 valence electrons. The maximum Gasteiger partial charge on any atom is 0.241 e. The minimum absolute atomic E-state index is 0.0177. The Hall–Kier alpha value is -3.81. The molecule has 3 amide bonds. The molecule has 2 fully saturated rings. The second kappa shape index (κ2) is 9.33. The van der Waals surface area contributed by atoms with Crippen LogP contribution in [0.3, 0.4) is 0 Å². The molecule has 36 heavy (non-hydrogen) atoms. The van der Waals surface area contributed by atoms with E-state index in [4.69, 9.17) is 0 Å². The molecule has 0 unspecified atom stereocenters. The SMILES string of the molecule is Cc1nn(C)c(C)c1CN(C(=O)C[C@@]1(c2ccccc2)CC(=O)N(Cc2ccncc2)C1=O)C1CC1. The van der Waals surface area contributed by atoms with Gasteiger partial charge in [-0.3, -0.25) is 28.9 Å². The molecule has 8 nitrogen and oxygen atoms in total. The summed E-state index contributed by atoms with van der Waals surface area (Å²) in [6.45, 7) is 4.60. The number of aromatic nitrogens is 3. The van der Waals surface area contributed by atoms with Crippen molar-refractivity contribution in [2.75, 3.05) is 0 Å². The van der Waals surface area contributed by atoms with Gasteiger partial charge in [-0.2, -0.15) is 5.10 Å². The highest BCUT2D eigenvalue weighted by molar-refractivity contribution is 6.10. The van der Waals surface area contributed by atoms with Gasteiger partial charge in [0.2, 0.25) is 17.7 Å². The lowest BCUT2D eigenvalue weighted by atomic mass is 9.75. The summed E-state index contributed by atoms with van der Waals surface area (Å²) in [5, 5.41) is 4.51. The fourth-order valence-electron chi connectivity index (χ4n) is 5.24.